The van der Waals surface area contributed by atoms with E-state index in [4.69, 9.17) is 12.2 Å². The Morgan fingerprint density at radius 2 is 1.47 bits per heavy atom. The van der Waals surface area contributed by atoms with Crippen molar-refractivity contribution in [3.05, 3.63) is 64.8 Å². The van der Waals surface area contributed by atoms with E-state index >= 15 is 0 Å². The zero-order chi connectivity index (χ0) is 13.2. The second kappa shape index (κ2) is 4.86. The second-order valence-corrected chi connectivity index (χ2v) is 4.97. The van der Waals surface area contributed by atoms with Gasteiger partial charge in [0, 0.05) is 11.1 Å². The van der Waals surface area contributed by atoms with Crippen LogP contribution in [0.4, 0.5) is 0 Å². The number of rotatable bonds is 2. The molecule has 3 heteroatoms. The van der Waals surface area contributed by atoms with Crippen molar-refractivity contribution >= 4 is 12.2 Å². The Hall–Kier alpha value is -2.13. The fourth-order valence-corrected chi connectivity index (χ4v) is 2.45. The molecule has 0 saturated carbocycles. The molecule has 3 aromatic rings. The summed E-state index contributed by atoms with van der Waals surface area (Å²) in [7, 11) is 0. The molecular weight excluding hydrogens is 252 g/mol. The fourth-order valence-electron chi connectivity index (χ4n) is 2.17. The second-order valence-electron chi connectivity index (χ2n) is 4.56. The van der Waals surface area contributed by atoms with Crippen molar-refractivity contribution in [2.45, 2.75) is 6.92 Å². The minimum absolute atomic E-state index is 0.738. The summed E-state index contributed by atoms with van der Waals surface area (Å²) in [5.74, 6) is 0. The summed E-state index contributed by atoms with van der Waals surface area (Å²) in [4.78, 5) is 0. The molecule has 0 atom stereocenters. The predicted molar refractivity (Wildman–Crippen MR) is 81.6 cm³/mol. The third-order valence-corrected chi connectivity index (χ3v) is 3.49. The number of hydrogen-bond acceptors (Lipinski definition) is 1. The molecule has 0 fully saturated rings. The van der Waals surface area contributed by atoms with E-state index < -0.39 is 0 Å². The molecular formula is C16H14N2S. The molecule has 94 valence electrons. The summed E-state index contributed by atoms with van der Waals surface area (Å²) < 4.78 is 0.738. The zero-order valence-corrected chi connectivity index (χ0v) is 11.4. The van der Waals surface area contributed by atoms with E-state index in [2.05, 4.69) is 53.5 Å². The van der Waals surface area contributed by atoms with Crippen molar-refractivity contribution in [3.8, 4) is 22.4 Å². The maximum Gasteiger partial charge on any atom is 0.127 e. The minimum Gasteiger partial charge on any atom is -0.299 e. The lowest BCUT2D eigenvalue weighted by molar-refractivity contribution is 1.08. The lowest BCUT2D eigenvalue weighted by Gasteiger charge is -2.04. The van der Waals surface area contributed by atoms with E-state index in [1.165, 1.54) is 5.56 Å². The van der Waals surface area contributed by atoms with Crippen LogP contribution in [0.1, 0.15) is 5.56 Å². The lowest BCUT2D eigenvalue weighted by atomic mass is 10.0. The van der Waals surface area contributed by atoms with Crippen molar-refractivity contribution in [2.75, 3.05) is 0 Å². The first kappa shape index (κ1) is 11.9. The highest BCUT2D eigenvalue weighted by atomic mass is 32.1. The Balaban J connectivity index is 2.19. The first-order chi connectivity index (χ1) is 9.25. The van der Waals surface area contributed by atoms with E-state index in [1.54, 1.807) is 0 Å². The van der Waals surface area contributed by atoms with Gasteiger partial charge in [0.25, 0.3) is 0 Å². The maximum absolute atomic E-state index is 5.39. The molecule has 0 amide bonds. The molecule has 1 heterocycles. The lowest BCUT2D eigenvalue weighted by Crippen LogP contribution is -1.83. The van der Waals surface area contributed by atoms with Crippen LogP contribution in [0.25, 0.3) is 22.4 Å². The van der Waals surface area contributed by atoms with Gasteiger partial charge >= 0.3 is 0 Å². The van der Waals surface area contributed by atoms with Crippen molar-refractivity contribution in [2.24, 2.45) is 0 Å². The van der Waals surface area contributed by atoms with Gasteiger partial charge in [0.2, 0.25) is 0 Å². The molecule has 2 N–H and O–H groups in total. The van der Waals surface area contributed by atoms with Gasteiger partial charge in [-0.3, -0.25) is 10.2 Å². The van der Waals surface area contributed by atoms with Crippen LogP contribution in [0.3, 0.4) is 0 Å². The Labute approximate surface area is 117 Å². The smallest absolute Gasteiger partial charge is 0.127 e. The quantitative estimate of drug-likeness (QED) is 0.646. The summed E-state index contributed by atoms with van der Waals surface area (Å²) in [6.07, 6.45) is 0. The van der Waals surface area contributed by atoms with Crippen LogP contribution in [0.5, 0.6) is 0 Å². The number of H-pyrrole nitrogens is 2. The summed E-state index contributed by atoms with van der Waals surface area (Å²) in [6, 6.07) is 18.6. The summed E-state index contributed by atoms with van der Waals surface area (Å²) in [6.45, 7) is 2.08. The molecule has 0 radical (unpaired) electrons. The van der Waals surface area contributed by atoms with Gasteiger partial charge in [-0.15, -0.1) is 0 Å². The van der Waals surface area contributed by atoms with Crippen molar-refractivity contribution in [1.29, 1.82) is 0 Å². The number of aryl methyl sites for hydroxylation is 1. The van der Waals surface area contributed by atoms with Crippen LogP contribution >= 0.6 is 12.2 Å². The number of aromatic amines is 2. The third-order valence-electron chi connectivity index (χ3n) is 3.18. The monoisotopic (exact) mass is 266 g/mol. The number of benzene rings is 2. The molecule has 0 spiro atoms. The van der Waals surface area contributed by atoms with Gasteiger partial charge in [-0.1, -0.05) is 72.4 Å². The van der Waals surface area contributed by atoms with Gasteiger partial charge in [0.1, 0.15) is 4.64 Å². The predicted octanol–water partition coefficient (Wildman–Crippen LogP) is 4.71. The molecule has 1 aromatic heterocycles. The Bertz CT molecular complexity index is 736. The molecule has 2 aromatic carbocycles. The standard InChI is InChI=1S/C16H14N2S/c1-11-7-9-13(10-8-11)15-14(16(19)18-17-15)12-5-3-2-4-6-12/h2-10H,1H3,(H2,17,18,19). The molecule has 0 aliphatic rings. The first-order valence-electron chi connectivity index (χ1n) is 6.19. The largest absolute Gasteiger partial charge is 0.299 e. The number of hydrogen-bond donors (Lipinski definition) is 2. The van der Waals surface area contributed by atoms with E-state index in [9.17, 15) is 0 Å². The highest BCUT2D eigenvalue weighted by Crippen LogP contribution is 2.31. The topological polar surface area (TPSA) is 31.6 Å². The third kappa shape index (κ3) is 2.25. The molecule has 0 unspecified atom stereocenters. The maximum atomic E-state index is 5.39. The van der Waals surface area contributed by atoms with E-state index in [1.807, 2.05) is 18.2 Å². The van der Waals surface area contributed by atoms with Crippen LogP contribution in [0.2, 0.25) is 0 Å². The molecule has 19 heavy (non-hydrogen) atoms. The van der Waals surface area contributed by atoms with Gasteiger partial charge in [-0.05, 0) is 12.5 Å². The van der Waals surface area contributed by atoms with Crippen molar-refractivity contribution in [3.63, 3.8) is 0 Å². The van der Waals surface area contributed by atoms with Crippen LogP contribution in [-0.4, -0.2) is 10.2 Å². The number of aromatic nitrogens is 2. The summed E-state index contributed by atoms with van der Waals surface area (Å²) in [5.41, 5.74) is 5.60. The first-order valence-corrected chi connectivity index (χ1v) is 6.59. The van der Waals surface area contributed by atoms with Crippen LogP contribution in [0.15, 0.2) is 54.6 Å². The van der Waals surface area contributed by atoms with Crippen molar-refractivity contribution < 1.29 is 0 Å². The van der Waals surface area contributed by atoms with E-state index in [0.717, 1.165) is 27.0 Å². The molecule has 0 aliphatic heterocycles. The average Bonchev–Trinajstić information content (AvgIpc) is 2.82. The van der Waals surface area contributed by atoms with Crippen LogP contribution in [0, 0.1) is 11.6 Å². The Morgan fingerprint density at radius 3 is 2.16 bits per heavy atom. The Morgan fingerprint density at radius 1 is 0.789 bits per heavy atom. The molecule has 0 bridgehead atoms. The van der Waals surface area contributed by atoms with Gasteiger partial charge in [0.05, 0.1) is 5.69 Å². The SMILES string of the molecule is Cc1ccc(-c2[nH][nH]c(=S)c2-c2ccccc2)cc1. The highest BCUT2D eigenvalue weighted by Gasteiger charge is 2.11. The van der Waals surface area contributed by atoms with Gasteiger partial charge in [-0.25, -0.2) is 0 Å². The van der Waals surface area contributed by atoms with Gasteiger partial charge in [0.15, 0.2) is 0 Å². The van der Waals surface area contributed by atoms with Crippen molar-refractivity contribution in [1.82, 2.24) is 10.2 Å². The fraction of sp³-hybridized carbons (Fsp3) is 0.0625. The van der Waals surface area contributed by atoms with Crippen LogP contribution in [-0.2, 0) is 0 Å². The molecule has 2 nitrogen and oxygen atoms in total. The van der Waals surface area contributed by atoms with Gasteiger partial charge in [-0.2, -0.15) is 0 Å². The van der Waals surface area contributed by atoms with Gasteiger partial charge < -0.3 is 0 Å². The van der Waals surface area contributed by atoms with E-state index in [-0.39, 0.29) is 0 Å². The van der Waals surface area contributed by atoms with Crippen LogP contribution < -0.4 is 0 Å². The normalized spacial score (nSPS) is 10.6. The number of nitrogens with one attached hydrogen (secondary N) is 2. The summed E-state index contributed by atoms with van der Waals surface area (Å²) in [5, 5.41) is 6.22. The zero-order valence-electron chi connectivity index (χ0n) is 10.6. The minimum atomic E-state index is 0.738. The Kier molecular flexibility index (Phi) is 3.05. The average molecular weight is 266 g/mol. The molecule has 0 saturated heterocycles. The molecule has 0 aliphatic carbocycles. The molecule has 3 rings (SSSR count). The van der Waals surface area contributed by atoms with E-state index in [0.29, 0.717) is 0 Å². The highest BCUT2D eigenvalue weighted by molar-refractivity contribution is 7.71. The summed E-state index contributed by atoms with van der Waals surface area (Å²) >= 11 is 5.39.